The second kappa shape index (κ2) is 5.53. The number of aliphatic imine (C=N–C) groups is 1. The summed E-state index contributed by atoms with van der Waals surface area (Å²) in [6.45, 7) is 9.10. The van der Waals surface area contributed by atoms with Crippen molar-refractivity contribution in [2.24, 2.45) is 10.4 Å². The molecular formula is C15H21FN2S. The zero-order valence-electron chi connectivity index (χ0n) is 12.0. The van der Waals surface area contributed by atoms with Crippen molar-refractivity contribution < 1.29 is 4.39 Å². The van der Waals surface area contributed by atoms with Gasteiger partial charge in [0.15, 0.2) is 5.17 Å². The van der Waals surface area contributed by atoms with Gasteiger partial charge in [-0.05, 0) is 36.5 Å². The highest BCUT2D eigenvalue weighted by Crippen LogP contribution is 2.28. The van der Waals surface area contributed by atoms with E-state index in [0.717, 1.165) is 23.0 Å². The third-order valence-corrected chi connectivity index (χ3v) is 4.73. The van der Waals surface area contributed by atoms with Crippen LogP contribution in [-0.2, 0) is 0 Å². The minimum Gasteiger partial charge on any atom is -0.358 e. The maximum atomic E-state index is 13.6. The first-order valence-corrected chi connectivity index (χ1v) is 7.56. The summed E-state index contributed by atoms with van der Waals surface area (Å²) >= 11 is 1.75. The van der Waals surface area contributed by atoms with E-state index in [-0.39, 0.29) is 17.3 Å². The Morgan fingerprint density at radius 2 is 2.16 bits per heavy atom. The highest BCUT2D eigenvalue weighted by molar-refractivity contribution is 8.13. The Hall–Kier alpha value is -1.03. The predicted molar refractivity (Wildman–Crippen MR) is 81.2 cm³/mol. The first kappa shape index (κ1) is 14.4. The predicted octanol–water partition coefficient (Wildman–Crippen LogP) is 3.91. The first-order valence-electron chi connectivity index (χ1n) is 6.57. The molecule has 1 N–H and O–H groups in total. The van der Waals surface area contributed by atoms with Crippen LogP contribution in [-0.4, -0.2) is 17.5 Å². The molecule has 1 aliphatic heterocycles. The second-order valence-electron chi connectivity index (χ2n) is 5.95. The minimum absolute atomic E-state index is 0.0718. The lowest BCUT2D eigenvalue weighted by atomic mass is 9.97. The van der Waals surface area contributed by atoms with Gasteiger partial charge in [-0.2, -0.15) is 0 Å². The Bertz CT molecular complexity index is 497. The van der Waals surface area contributed by atoms with Crippen molar-refractivity contribution >= 4 is 16.9 Å². The van der Waals surface area contributed by atoms with Crippen LogP contribution in [0.1, 0.15) is 37.9 Å². The lowest BCUT2D eigenvalue weighted by Gasteiger charge is -2.28. The van der Waals surface area contributed by atoms with E-state index < -0.39 is 0 Å². The molecule has 1 atom stereocenters. The van der Waals surface area contributed by atoms with Gasteiger partial charge >= 0.3 is 0 Å². The highest BCUT2D eigenvalue weighted by atomic mass is 32.2. The Balaban J connectivity index is 2.03. The third kappa shape index (κ3) is 3.72. The molecule has 0 amide bonds. The molecule has 1 unspecified atom stereocenters. The van der Waals surface area contributed by atoms with Crippen molar-refractivity contribution in [1.82, 2.24) is 5.32 Å². The number of aryl methyl sites for hydroxylation is 1. The molecule has 4 heteroatoms. The lowest BCUT2D eigenvalue weighted by molar-refractivity contribution is 0.436. The molecule has 0 aliphatic carbocycles. The SMILES string of the molecule is Cc1ccc(C(C)NC2=NCC(C)(C)CS2)cc1F. The van der Waals surface area contributed by atoms with Crippen LogP contribution in [0.2, 0.25) is 0 Å². The molecule has 0 fully saturated rings. The van der Waals surface area contributed by atoms with Gasteiger partial charge in [0.1, 0.15) is 5.82 Å². The molecule has 1 aliphatic rings. The molecule has 0 radical (unpaired) electrons. The van der Waals surface area contributed by atoms with E-state index in [1.165, 1.54) is 0 Å². The number of amidine groups is 1. The van der Waals surface area contributed by atoms with Gasteiger partial charge in [0.2, 0.25) is 0 Å². The zero-order chi connectivity index (χ0) is 14.0. The first-order chi connectivity index (χ1) is 8.87. The van der Waals surface area contributed by atoms with Gasteiger partial charge < -0.3 is 5.32 Å². The Morgan fingerprint density at radius 3 is 2.74 bits per heavy atom. The van der Waals surface area contributed by atoms with Crippen molar-refractivity contribution in [3.63, 3.8) is 0 Å². The van der Waals surface area contributed by atoms with Crippen molar-refractivity contribution in [2.75, 3.05) is 12.3 Å². The van der Waals surface area contributed by atoms with Crippen molar-refractivity contribution in [3.05, 3.63) is 35.1 Å². The third-order valence-electron chi connectivity index (χ3n) is 3.29. The number of hydrogen-bond donors (Lipinski definition) is 1. The molecule has 104 valence electrons. The summed E-state index contributed by atoms with van der Waals surface area (Å²) in [4.78, 5) is 4.56. The van der Waals surface area contributed by atoms with E-state index in [4.69, 9.17) is 0 Å². The van der Waals surface area contributed by atoms with Crippen LogP contribution in [0.5, 0.6) is 0 Å². The second-order valence-corrected chi connectivity index (χ2v) is 6.91. The van der Waals surface area contributed by atoms with Crippen molar-refractivity contribution in [1.29, 1.82) is 0 Å². The molecule has 0 bridgehead atoms. The van der Waals surface area contributed by atoms with Gasteiger partial charge in [-0.1, -0.05) is 37.7 Å². The fourth-order valence-corrected chi connectivity index (χ4v) is 2.91. The molecule has 2 nitrogen and oxygen atoms in total. The van der Waals surface area contributed by atoms with Gasteiger partial charge in [0, 0.05) is 12.3 Å². The maximum absolute atomic E-state index is 13.6. The van der Waals surface area contributed by atoms with E-state index in [1.807, 2.05) is 19.1 Å². The molecular weight excluding hydrogens is 259 g/mol. The van der Waals surface area contributed by atoms with Crippen molar-refractivity contribution in [2.45, 2.75) is 33.7 Å². The van der Waals surface area contributed by atoms with Crippen molar-refractivity contribution in [3.8, 4) is 0 Å². The normalized spacial score (nSPS) is 19.7. The molecule has 1 heterocycles. The van der Waals surface area contributed by atoms with Crippen LogP contribution in [0.25, 0.3) is 0 Å². The average Bonchev–Trinajstić information content (AvgIpc) is 2.35. The number of nitrogens with zero attached hydrogens (tertiary/aromatic N) is 1. The minimum atomic E-state index is -0.148. The van der Waals surface area contributed by atoms with E-state index >= 15 is 0 Å². The number of hydrogen-bond acceptors (Lipinski definition) is 3. The molecule has 19 heavy (non-hydrogen) atoms. The van der Waals surface area contributed by atoms with Crippen LogP contribution < -0.4 is 5.32 Å². The molecule has 2 rings (SSSR count). The van der Waals surface area contributed by atoms with Crippen LogP contribution in [0.3, 0.4) is 0 Å². The topological polar surface area (TPSA) is 24.4 Å². The van der Waals surface area contributed by atoms with E-state index in [9.17, 15) is 4.39 Å². The summed E-state index contributed by atoms with van der Waals surface area (Å²) < 4.78 is 13.6. The molecule has 0 spiro atoms. The molecule has 0 saturated carbocycles. The van der Waals surface area contributed by atoms with Crippen LogP contribution in [0.4, 0.5) is 4.39 Å². The zero-order valence-corrected chi connectivity index (χ0v) is 12.8. The fraction of sp³-hybridized carbons (Fsp3) is 0.533. The standard InChI is InChI=1S/C15H21FN2S/c1-10-5-6-12(7-13(10)16)11(2)18-14-17-8-15(3,4)9-19-14/h5-7,11H,8-9H2,1-4H3,(H,17,18). The van der Waals surface area contributed by atoms with Crippen LogP contribution >= 0.6 is 11.8 Å². The van der Waals surface area contributed by atoms with Crippen LogP contribution in [0.15, 0.2) is 23.2 Å². The van der Waals surface area contributed by atoms with Gasteiger partial charge in [-0.3, -0.25) is 4.99 Å². The molecule has 1 aromatic rings. The Labute approximate surface area is 118 Å². The number of benzene rings is 1. The largest absolute Gasteiger partial charge is 0.358 e. The summed E-state index contributed by atoms with van der Waals surface area (Å²) in [5.41, 5.74) is 1.91. The molecule has 1 aromatic carbocycles. The quantitative estimate of drug-likeness (QED) is 0.888. The highest BCUT2D eigenvalue weighted by Gasteiger charge is 2.24. The number of rotatable bonds is 2. The van der Waals surface area contributed by atoms with Gasteiger partial charge in [-0.15, -0.1) is 0 Å². The molecule has 0 aromatic heterocycles. The molecule has 0 saturated heterocycles. The lowest BCUT2D eigenvalue weighted by Crippen LogP contribution is -2.32. The van der Waals surface area contributed by atoms with Crippen LogP contribution in [0, 0.1) is 18.2 Å². The van der Waals surface area contributed by atoms with E-state index in [1.54, 1.807) is 24.8 Å². The van der Waals surface area contributed by atoms with Gasteiger partial charge in [0.05, 0.1) is 6.04 Å². The Kier molecular flexibility index (Phi) is 4.19. The smallest absolute Gasteiger partial charge is 0.157 e. The van der Waals surface area contributed by atoms with Gasteiger partial charge in [-0.25, -0.2) is 4.39 Å². The Morgan fingerprint density at radius 1 is 1.42 bits per heavy atom. The number of halogens is 1. The van der Waals surface area contributed by atoms with E-state index in [0.29, 0.717) is 5.56 Å². The summed E-state index contributed by atoms with van der Waals surface area (Å²) in [7, 11) is 0. The number of thioether (sulfide) groups is 1. The summed E-state index contributed by atoms with van der Waals surface area (Å²) in [5.74, 6) is 0.916. The van der Waals surface area contributed by atoms with Gasteiger partial charge in [0.25, 0.3) is 0 Å². The maximum Gasteiger partial charge on any atom is 0.157 e. The van der Waals surface area contributed by atoms with E-state index in [2.05, 4.69) is 24.2 Å². The monoisotopic (exact) mass is 280 g/mol. The average molecular weight is 280 g/mol. The fourth-order valence-electron chi connectivity index (χ4n) is 1.88. The number of nitrogens with one attached hydrogen (secondary N) is 1. The summed E-state index contributed by atoms with van der Waals surface area (Å²) in [6, 6.07) is 5.46. The summed E-state index contributed by atoms with van der Waals surface area (Å²) in [5, 5.41) is 4.33. The summed E-state index contributed by atoms with van der Waals surface area (Å²) in [6.07, 6.45) is 0.